The summed E-state index contributed by atoms with van der Waals surface area (Å²) in [5.74, 6) is 1.62. The summed E-state index contributed by atoms with van der Waals surface area (Å²) in [6.45, 7) is 3.70. The van der Waals surface area contributed by atoms with Crippen molar-refractivity contribution in [1.29, 1.82) is 0 Å². The molecule has 0 amide bonds. The topological polar surface area (TPSA) is 90.4 Å². The molecule has 0 aliphatic carbocycles. The van der Waals surface area contributed by atoms with Gasteiger partial charge in [0.25, 0.3) is 0 Å². The molecule has 9 heteroatoms. The van der Waals surface area contributed by atoms with Crippen molar-refractivity contribution in [2.24, 2.45) is 4.99 Å². The molecule has 1 aromatic heterocycles. The minimum absolute atomic E-state index is 0. The minimum Gasteiger partial charge on any atom is -0.357 e. The van der Waals surface area contributed by atoms with E-state index in [1.807, 2.05) is 61.5 Å². The van der Waals surface area contributed by atoms with Gasteiger partial charge in [0.15, 0.2) is 15.8 Å². The highest BCUT2D eigenvalue weighted by molar-refractivity contribution is 14.0. The summed E-state index contributed by atoms with van der Waals surface area (Å²) in [5.41, 5.74) is 2.06. The lowest BCUT2D eigenvalue weighted by atomic mass is 10.2. The molecule has 1 heterocycles. The van der Waals surface area contributed by atoms with Crippen molar-refractivity contribution in [1.82, 2.24) is 20.2 Å². The predicted molar refractivity (Wildman–Crippen MR) is 140 cm³/mol. The van der Waals surface area contributed by atoms with Gasteiger partial charge in [0.05, 0.1) is 29.1 Å². The molecule has 0 fully saturated rings. The maximum atomic E-state index is 12.4. The SMILES string of the molecule is CCNC(=NCCCS(=O)(=O)c1ccccc1)N(C)Cc1ncc(-c2ccccc2)[nH]1.I. The van der Waals surface area contributed by atoms with Gasteiger partial charge in [-0.25, -0.2) is 13.4 Å². The molecule has 3 aromatic rings. The van der Waals surface area contributed by atoms with E-state index in [4.69, 9.17) is 0 Å². The van der Waals surface area contributed by atoms with Gasteiger partial charge < -0.3 is 15.2 Å². The number of aromatic nitrogens is 2. The molecule has 7 nitrogen and oxygen atoms in total. The number of H-pyrrole nitrogens is 1. The first-order chi connectivity index (χ1) is 15.0. The molecule has 0 atom stereocenters. The normalized spacial score (nSPS) is 11.6. The third kappa shape index (κ3) is 7.33. The Labute approximate surface area is 207 Å². The van der Waals surface area contributed by atoms with Crippen LogP contribution in [-0.2, 0) is 16.4 Å². The Balaban J connectivity index is 0.00000363. The van der Waals surface area contributed by atoms with Crippen molar-refractivity contribution in [3.63, 3.8) is 0 Å². The van der Waals surface area contributed by atoms with Gasteiger partial charge in [-0.1, -0.05) is 48.5 Å². The van der Waals surface area contributed by atoms with Crippen LogP contribution in [0.15, 0.2) is 76.7 Å². The van der Waals surface area contributed by atoms with Gasteiger partial charge in [-0.2, -0.15) is 0 Å². The average Bonchev–Trinajstić information content (AvgIpc) is 3.25. The lowest BCUT2D eigenvalue weighted by Gasteiger charge is -2.21. The van der Waals surface area contributed by atoms with E-state index in [0.29, 0.717) is 24.4 Å². The lowest BCUT2D eigenvalue weighted by molar-refractivity contribution is 0.464. The van der Waals surface area contributed by atoms with E-state index < -0.39 is 9.84 Å². The summed E-state index contributed by atoms with van der Waals surface area (Å²) in [7, 11) is -1.34. The first-order valence-corrected chi connectivity index (χ1v) is 12.0. The lowest BCUT2D eigenvalue weighted by Crippen LogP contribution is -2.38. The minimum atomic E-state index is -3.28. The largest absolute Gasteiger partial charge is 0.357 e. The zero-order chi connectivity index (χ0) is 22.1. The molecule has 0 radical (unpaired) electrons. The number of hydrogen-bond acceptors (Lipinski definition) is 4. The molecule has 0 aliphatic heterocycles. The molecule has 32 heavy (non-hydrogen) atoms. The summed E-state index contributed by atoms with van der Waals surface area (Å²) in [6, 6.07) is 18.6. The van der Waals surface area contributed by atoms with E-state index in [1.165, 1.54) is 0 Å². The van der Waals surface area contributed by atoms with Crippen LogP contribution in [0.4, 0.5) is 0 Å². The van der Waals surface area contributed by atoms with Crippen LogP contribution in [0.1, 0.15) is 19.2 Å². The van der Waals surface area contributed by atoms with Gasteiger partial charge >= 0.3 is 0 Å². The van der Waals surface area contributed by atoms with Crippen molar-refractivity contribution < 1.29 is 8.42 Å². The number of sulfone groups is 1. The average molecular weight is 567 g/mol. The molecule has 0 saturated heterocycles. The van der Waals surface area contributed by atoms with Crippen LogP contribution in [0.3, 0.4) is 0 Å². The van der Waals surface area contributed by atoms with Gasteiger partial charge in [0.1, 0.15) is 5.82 Å². The zero-order valence-corrected chi connectivity index (χ0v) is 21.5. The molecule has 3 rings (SSSR count). The Morgan fingerprint density at radius 3 is 2.41 bits per heavy atom. The fourth-order valence-corrected chi connectivity index (χ4v) is 4.48. The van der Waals surface area contributed by atoms with Crippen LogP contribution >= 0.6 is 24.0 Å². The van der Waals surface area contributed by atoms with E-state index in [9.17, 15) is 8.42 Å². The fourth-order valence-electron chi connectivity index (χ4n) is 3.16. The van der Waals surface area contributed by atoms with Gasteiger partial charge in [0.2, 0.25) is 0 Å². The van der Waals surface area contributed by atoms with Crippen molar-refractivity contribution in [3.8, 4) is 11.3 Å². The highest BCUT2D eigenvalue weighted by Gasteiger charge is 2.14. The maximum absolute atomic E-state index is 12.4. The Kier molecular flexibility index (Phi) is 10.2. The van der Waals surface area contributed by atoms with Crippen molar-refractivity contribution in [3.05, 3.63) is 72.7 Å². The van der Waals surface area contributed by atoms with Crippen molar-refractivity contribution in [2.75, 3.05) is 25.9 Å². The summed E-state index contributed by atoms with van der Waals surface area (Å²) in [5, 5.41) is 3.26. The molecule has 172 valence electrons. The first-order valence-electron chi connectivity index (χ1n) is 10.4. The van der Waals surface area contributed by atoms with Gasteiger partial charge in [-0.15, -0.1) is 24.0 Å². The van der Waals surface area contributed by atoms with E-state index >= 15 is 0 Å². The first kappa shape index (κ1) is 25.9. The number of imidazole rings is 1. The molecule has 0 saturated carbocycles. The summed E-state index contributed by atoms with van der Waals surface area (Å²) in [4.78, 5) is 14.8. The molecule has 0 unspecified atom stereocenters. The number of nitrogens with one attached hydrogen (secondary N) is 2. The van der Waals surface area contributed by atoms with Gasteiger partial charge in [0, 0.05) is 20.1 Å². The molecule has 2 N–H and O–H groups in total. The van der Waals surface area contributed by atoms with Gasteiger partial charge in [-0.3, -0.25) is 4.99 Å². The fraction of sp³-hybridized carbons (Fsp3) is 0.304. The zero-order valence-electron chi connectivity index (χ0n) is 18.4. The number of aliphatic imine (C=N–C) groups is 1. The predicted octanol–water partition coefficient (Wildman–Crippen LogP) is 3.96. The Hall–Kier alpha value is -2.40. The Morgan fingerprint density at radius 2 is 1.75 bits per heavy atom. The van der Waals surface area contributed by atoms with Crippen LogP contribution in [0.5, 0.6) is 0 Å². The van der Waals surface area contributed by atoms with E-state index in [0.717, 1.165) is 29.6 Å². The van der Waals surface area contributed by atoms with Crippen LogP contribution in [0, 0.1) is 0 Å². The van der Waals surface area contributed by atoms with Crippen LogP contribution in [-0.4, -0.2) is 55.1 Å². The maximum Gasteiger partial charge on any atom is 0.194 e. The number of benzene rings is 2. The number of nitrogens with zero attached hydrogens (tertiary/aromatic N) is 3. The molecular formula is C23H30IN5O2S. The summed E-state index contributed by atoms with van der Waals surface area (Å²) >= 11 is 0. The second-order valence-electron chi connectivity index (χ2n) is 7.19. The van der Waals surface area contributed by atoms with Crippen molar-refractivity contribution >= 4 is 39.8 Å². The third-order valence-corrected chi connectivity index (χ3v) is 6.55. The Bertz CT molecular complexity index is 1090. The standard InChI is InChI=1S/C23H29N5O2S.HI/c1-3-24-23(25-15-10-16-31(29,30)20-13-8-5-9-14-20)28(2)18-22-26-17-21(27-22)19-11-6-4-7-12-19;/h4-9,11-14,17H,3,10,15-16,18H2,1-2H3,(H,24,25)(H,26,27);1H. The van der Waals surface area contributed by atoms with E-state index in [2.05, 4.69) is 20.3 Å². The van der Waals surface area contributed by atoms with E-state index in [1.54, 1.807) is 24.3 Å². The number of rotatable bonds is 9. The molecular weight excluding hydrogens is 537 g/mol. The Morgan fingerprint density at radius 1 is 1.09 bits per heavy atom. The highest BCUT2D eigenvalue weighted by Crippen LogP contribution is 2.16. The van der Waals surface area contributed by atoms with E-state index in [-0.39, 0.29) is 29.7 Å². The number of guanidine groups is 1. The highest BCUT2D eigenvalue weighted by atomic mass is 127. The third-order valence-electron chi connectivity index (χ3n) is 4.73. The number of hydrogen-bond donors (Lipinski definition) is 2. The monoisotopic (exact) mass is 567 g/mol. The second-order valence-corrected chi connectivity index (χ2v) is 9.30. The van der Waals surface area contributed by atoms with Gasteiger partial charge in [-0.05, 0) is 31.0 Å². The quantitative estimate of drug-likeness (QED) is 0.177. The number of halogens is 1. The smallest absolute Gasteiger partial charge is 0.194 e. The molecule has 0 spiro atoms. The second kappa shape index (κ2) is 12.6. The molecule has 0 aliphatic rings. The molecule has 0 bridgehead atoms. The van der Waals surface area contributed by atoms with Crippen molar-refractivity contribution in [2.45, 2.75) is 24.8 Å². The summed E-state index contributed by atoms with van der Waals surface area (Å²) < 4.78 is 24.8. The van der Waals surface area contributed by atoms with Crippen LogP contribution in [0.25, 0.3) is 11.3 Å². The van der Waals surface area contributed by atoms with Crippen LogP contribution in [0.2, 0.25) is 0 Å². The summed E-state index contributed by atoms with van der Waals surface area (Å²) in [6.07, 6.45) is 2.29. The number of aromatic amines is 1. The molecule has 2 aromatic carbocycles. The van der Waals surface area contributed by atoms with Crippen LogP contribution < -0.4 is 5.32 Å².